The molecule has 0 aliphatic rings. The molecule has 0 spiro atoms. The number of hydrogen-bond donors (Lipinski definition) is 1. The summed E-state index contributed by atoms with van der Waals surface area (Å²) in [4.78, 5) is 4.11. The van der Waals surface area contributed by atoms with Crippen molar-refractivity contribution in [3.05, 3.63) is 48.2 Å². The average molecular weight is 257 g/mol. The first-order chi connectivity index (χ1) is 9.35. The molecule has 5 nitrogen and oxygen atoms in total. The minimum atomic E-state index is 0.650. The largest absolute Gasteiger partial charge is 0.493 e. The number of anilines is 1. The standard InChI is InChI=1S/C14H15N3O2/c1-18-12-7-5-6-11(14(12)19-2)10-16-17-13-8-3-4-9-15-13/h3-10H,1-2H3,(H,15,17)/b16-10-. The number of hydrogen-bond acceptors (Lipinski definition) is 5. The molecule has 0 saturated heterocycles. The van der Waals surface area contributed by atoms with E-state index in [2.05, 4.69) is 15.5 Å². The van der Waals surface area contributed by atoms with Crippen LogP contribution in [0.1, 0.15) is 5.56 Å². The predicted molar refractivity (Wildman–Crippen MR) is 75.0 cm³/mol. The molecule has 0 radical (unpaired) electrons. The van der Waals surface area contributed by atoms with E-state index in [-0.39, 0.29) is 0 Å². The van der Waals surface area contributed by atoms with Crippen molar-refractivity contribution in [1.29, 1.82) is 0 Å². The van der Waals surface area contributed by atoms with Gasteiger partial charge < -0.3 is 9.47 Å². The Labute approximate surface area is 111 Å². The molecule has 0 saturated carbocycles. The third-order valence-electron chi connectivity index (χ3n) is 2.48. The fourth-order valence-electron chi connectivity index (χ4n) is 1.61. The highest BCUT2D eigenvalue weighted by molar-refractivity contribution is 5.85. The van der Waals surface area contributed by atoms with Crippen LogP contribution in [0, 0.1) is 0 Å². The van der Waals surface area contributed by atoms with E-state index in [0.717, 1.165) is 5.56 Å². The Morgan fingerprint density at radius 2 is 2.00 bits per heavy atom. The van der Waals surface area contributed by atoms with Gasteiger partial charge in [0.2, 0.25) is 0 Å². The van der Waals surface area contributed by atoms with E-state index in [1.165, 1.54) is 0 Å². The number of para-hydroxylation sites is 1. The van der Waals surface area contributed by atoms with Crippen molar-refractivity contribution in [2.75, 3.05) is 19.6 Å². The lowest BCUT2D eigenvalue weighted by atomic mass is 10.2. The average Bonchev–Trinajstić information content (AvgIpc) is 2.48. The molecule has 0 unspecified atom stereocenters. The van der Waals surface area contributed by atoms with Crippen LogP contribution in [-0.4, -0.2) is 25.4 Å². The van der Waals surface area contributed by atoms with Crippen LogP contribution in [0.2, 0.25) is 0 Å². The molecule has 19 heavy (non-hydrogen) atoms. The van der Waals surface area contributed by atoms with E-state index in [1.807, 2.05) is 36.4 Å². The number of aromatic nitrogens is 1. The first-order valence-corrected chi connectivity index (χ1v) is 5.76. The number of ether oxygens (including phenoxy) is 2. The van der Waals surface area contributed by atoms with Crippen LogP contribution in [0.3, 0.4) is 0 Å². The smallest absolute Gasteiger partial charge is 0.169 e. The van der Waals surface area contributed by atoms with Crippen LogP contribution in [0.15, 0.2) is 47.7 Å². The number of nitrogens with one attached hydrogen (secondary N) is 1. The number of pyridine rings is 1. The van der Waals surface area contributed by atoms with E-state index in [9.17, 15) is 0 Å². The molecule has 0 amide bonds. The molecule has 0 atom stereocenters. The number of hydrazone groups is 1. The van der Waals surface area contributed by atoms with Crippen molar-refractivity contribution in [2.45, 2.75) is 0 Å². The molecule has 2 rings (SSSR count). The zero-order valence-corrected chi connectivity index (χ0v) is 10.8. The number of methoxy groups -OCH3 is 2. The highest BCUT2D eigenvalue weighted by Crippen LogP contribution is 2.29. The van der Waals surface area contributed by atoms with Crippen molar-refractivity contribution in [1.82, 2.24) is 4.98 Å². The van der Waals surface area contributed by atoms with E-state index >= 15 is 0 Å². The summed E-state index contributed by atoms with van der Waals surface area (Å²) in [5, 5.41) is 4.12. The first-order valence-electron chi connectivity index (χ1n) is 5.76. The van der Waals surface area contributed by atoms with E-state index in [4.69, 9.17) is 9.47 Å². The van der Waals surface area contributed by atoms with Crippen LogP contribution >= 0.6 is 0 Å². The second kappa shape index (κ2) is 6.39. The lowest BCUT2D eigenvalue weighted by Crippen LogP contribution is -1.97. The molecule has 98 valence electrons. The molecule has 0 aliphatic carbocycles. The summed E-state index contributed by atoms with van der Waals surface area (Å²) in [5.74, 6) is 2.00. The van der Waals surface area contributed by atoms with Gasteiger partial charge in [0.05, 0.1) is 20.4 Å². The molecular weight excluding hydrogens is 242 g/mol. The SMILES string of the molecule is COc1cccc(/C=N\Nc2ccccn2)c1OC. The van der Waals surface area contributed by atoms with Gasteiger partial charge in [0, 0.05) is 11.8 Å². The molecule has 1 heterocycles. The maximum atomic E-state index is 5.31. The molecule has 5 heteroatoms. The number of benzene rings is 1. The van der Waals surface area contributed by atoms with Crippen molar-refractivity contribution in [3.8, 4) is 11.5 Å². The van der Waals surface area contributed by atoms with Crippen molar-refractivity contribution in [2.24, 2.45) is 5.10 Å². The zero-order valence-electron chi connectivity index (χ0n) is 10.8. The Balaban J connectivity index is 2.15. The molecule has 0 aliphatic heterocycles. The fraction of sp³-hybridized carbons (Fsp3) is 0.143. The van der Waals surface area contributed by atoms with Gasteiger partial charge in [0.1, 0.15) is 5.82 Å². The lowest BCUT2D eigenvalue weighted by molar-refractivity contribution is 0.354. The van der Waals surface area contributed by atoms with E-state index in [1.54, 1.807) is 26.6 Å². The maximum Gasteiger partial charge on any atom is 0.169 e. The molecule has 2 aromatic rings. The summed E-state index contributed by atoms with van der Waals surface area (Å²) in [6.45, 7) is 0. The molecule has 0 fully saturated rings. The summed E-state index contributed by atoms with van der Waals surface area (Å²) >= 11 is 0. The first kappa shape index (κ1) is 12.9. The van der Waals surface area contributed by atoms with Gasteiger partial charge >= 0.3 is 0 Å². The molecule has 1 N–H and O–H groups in total. The van der Waals surface area contributed by atoms with Gasteiger partial charge in [-0.25, -0.2) is 4.98 Å². The van der Waals surface area contributed by atoms with Gasteiger partial charge in [0.15, 0.2) is 11.5 Å². The van der Waals surface area contributed by atoms with Gasteiger partial charge in [0.25, 0.3) is 0 Å². The normalized spacial score (nSPS) is 10.4. The molecule has 1 aromatic carbocycles. The van der Waals surface area contributed by atoms with E-state index in [0.29, 0.717) is 17.3 Å². The Hall–Kier alpha value is -2.56. The Morgan fingerprint density at radius 1 is 1.11 bits per heavy atom. The van der Waals surface area contributed by atoms with Crippen molar-refractivity contribution >= 4 is 12.0 Å². The number of rotatable bonds is 5. The fourth-order valence-corrected chi connectivity index (χ4v) is 1.61. The summed E-state index contributed by atoms with van der Waals surface area (Å²) in [6.07, 6.45) is 3.36. The van der Waals surface area contributed by atoms with Crippen molar-refractivity contribution < 1.29 is 9.47 Å². The van der Waals surface area contributed by atoms with Gasteiger partial charge in [-0.3, -0.25) is 5.43 Å². The lowest BCUT2D eigenvalue weighted by Gasteiger charge is -2.09. The Bertz CT molecular complexity index is 556. The van der Waals surface area contributed by atoms with Crippen LogP contribution in [-0.2, 0) is 0 Å². The van der Waals surface area contributed by atoms with Crippen LogP contribution in [0.4, 0.5) is 5.82 Å². The molecule has 1 aromatic heterocycles. The minimum Gasteiger partial charge on any atom is -0.493 e. The van der Waals surface area contributed by atoms with Gasteiger partial charge in [-0.05, 0) is 24.3 Å². The van der Waals surface area contributed by atoms with Gasteiger partial charge in [-0.15, -0.1) is 0 Å². The maximum absolute atomic E-state index is 5.31. The Kier molecular flexibility index (Phi) is 4.34. The summed E-state index contributed by atoms with van der Waals surface area (Å²) in [6, 6.07) is 11.2. The van der Waals surface area contributed by atoms with E-state index < -0.39 is 0 Å². The highest BCUT2D eigenvalue weighted by Gasteiger charge is 2.06. The third-order valence-corrected chi connectivity index (χ3v) is 2.48. The summed E-state index contributed by atoms with van der Waals surface area (Å²) < 4.78 is 10.5. The second-order valence-electron chi connectivity index (χ2n) is 3.67. The van der Waals surface area contributed by atoms with Gasteiger partial charge in [-0.2, -0.15) is 5.10 Å². The van der Waals surface area contributed by atoms with Crippen LogP contribution < -0.4 is 14.9 Å². The number of nitrogens with zero attached hydrogens (tertiary/aromatic N) is 2. The van der Waals surface area contributed by atoms with Gasteiger partial charge in [-0.1, -0.05) is 12.1 Å². The molecular formula is C14H15N3O2. The van der Waals surface area contributed by atoms with Crippen LogP contribution in [0.25, 0.3) is 0 Å². The third kappa shape index (κ3) is 3.22. The minimum absolute atomic E-state index is 0.650. The van der Waals surface area contributed by atoms with Crippen LogP contribution in [0.5, 0.6) is 11.5 Å². The topological polar surface area (TPSA) is 55.7 Å². The zero-order chi connectivity index (χ0) is 13.5. The quantitative estimate of drug-likeness (QED) is 0.660. The monoisotopic (exact) mass is 257 g/mol. The predicted octanol–water partition coefficient (Wildman–Crippen LogP) is 2.54. The molecule has 0 bridgehead atoms. The second-order valence-corrected chi connectivity index (χ2v) is 3.67. The Morgan fingerprint density at radius 3 is 2.68 bits per heavy atom. The highest BCUT2D eigenvalue weighted by atomic mass is 16.5. The summed E-state index contributed by atoms with van der Waals surface area (Å²) in [7, 11) is 3.20. The van der Waals surface area contributed by atoms with Crippen molar-refractivity contribution in [3.63, 3.8) is 0 Å². The summed E-state index contributed by atoms with van der Waals surface area (Å²) in [5.41, 5.74) is 3.67.